The van der Waals surface area contributed by atoms with Crippen LogP contribution in [-0.4, -0.2) is 33.9 Å². The van der Waals surface area contributed by atoms with E-state index < -0.39 is 12.3 Å². The lowest BCUT2D eigenvalue weighted by Crippen LogP contribution is -2.31. The van der Waals surface area contributed by atoms with Gasteiger partial charge in [-0.15, -0.1) is 11.8 Å². The third-order valence-electron chi connectivity index (χ3n) is 7.75. The number of carbonyl (C=O) groups is 2. The molecule has 1 aliphatic rings. The molecule has 0 aromatic heterocycles. The Morgan fingerprint density at radius 2 is 1.51 bits per heavy atom. The molecule has 8 heteroatoms. The van der Waals surface area contributed by atoms with Gasteiger partial charge in [-0.1, -0.05) is 78.9 Å². The van der Waals surface area contributed by atoms with Gasteiger partial charge in [-0.2, -0.15) is 0 Å². The van der Waals surface area contributed by atoms with E-state index in [9.17, 15) is 14.7 Å². The monoisotopic (exact) mass is 625 g/mol. The molecule has 7 nitrogen and oxygen atoms in total. The van der Waals surface area contributed by atoms with Crippen molar-refractivity contribution < 1.29 is 29.3 Å². The zero-order valence-electron chi connectivity index (χ0n) is 25.1. The number of benzene rings is 4. The number of nitrogens with one attached hydrogen (secondary N) is 1. The molecule has 4 aromatic carbocycles. The lowest BCUT2D eigenvalue weighted by Gasteiger charge is -2.36. The average Bonchev–Trinajstić information content (AvgIpc) is 3.09. The highest BCUT2D eigenvalue weighted by molar-refractivity contribution is 7.99. The molecule has 3 N–H and O–H groups in total. The number of rotatable bonds is 14. The summed E-state index contributed by atoms with van der Waals surface area (Å²) in [6, 6.07) is 34.5. The van der Waals surface area contributed by atoms with E-state index in [2.05, 4.69) is 35.6 Å². The van der Waals surface area contributed by atoms with Crippen LogP contribution >= 0.6 is 11.8 Å². The quantitative estimate of drug-likeness (QED) is 0.0988. The molecule has 3 atom stereocenters. The number of thioether (sulfide) groups is 1. The number of carboxylic acid groups (broad SMARTS) is 1. The predicted molar refractivity (Wildman–Crippen MR) is 175 cm³/mol. The van der Waals surface area contributed by atoms with E-state index >= 15 is 0 Å². The second-order valence-corrected chi connectivity index (χ2v) is 12.3. The van der Waals surface area contributed by atoms with Gasteiger partial charge in [-0.05, 0) is 64.9 Å². The first kappa shape index (κ1) is 32.4. The zero-order valence-corrected chi connectivity index (χ0v) is 26.0. The van der Waals surface area contributed by atoms with Crippen molar-refractivity contribution in [1.29, 1.82) is 0 Å². The van der Waals surface area contributed by atoms with Gasteiger partial charge < -0.3 is 25.0 Å². The summed E-state index contributed by atoms with van der Waals surface area (Å²) in [7, 11) is 0. The summed E-state index contributed by atoms with van der Waals surface area (Å²) >= 11 is 1.77. The van der Waals surface area contributed by atoms with Gasteiger partial charge in [0.05, 0.1) is 18.8 Å². The summed E-state index contributed by atoms with van der Waals surface area (Å²) in [5.74, 6) is -0.129. The Kier molecular flexibility index (Phi) is 11.8. The Hall–Kier alpha value is -3.95. The molecule has 0 unspecified atom stereocenters. The molecule has 1 aliphatic heterocycles. The van der Waals surface area contributed by atoms with Crippen molar-refractivity contribution in [1.82, 2.24) is 5.32 Å². The van der Waals surface area contributed by atoms with Crippen LogP contribution in [0.2, 0.25) is 0 Å². The molecule has 1 amide bonds. The van der Waals surface area contributed by atoms with Gasteiger partial charge >= 0.3 is 5.97 Å². The van der Waals surface area contributed by atoms with Gasteiger partial charge in [0.1, 0.15) is 0 Å². The Morgan fingerprint density at radius 3 is 2.27 bits per heavy atom. The Labute approximate surface area is 268 Å². The fraction of sp³-hybridized carbons (Fsp3) is 0.297. The predicted octanol–water partition coefficient (Wildman–Crippen LogP) is 7.44. The number of carbonyl (C=O) groups excluding carboxylic acids is 1. The van der Waals surface area contributed by atoms with E-state index in [1.54, 1.807) is 11.8 Å². The van der Waals surface area contributed by atoms with Crippen LogP contribution in [0.3, 0.4) is 0 Å². The first-order valence-electron chi connectivity index (χ1n) is 15.3. The van der Waals surface area contributed by atoms with Crippen molar-refractivity contribution in [2.45, 2.75) is 68.6 Å². The molecule has 0 saturated carbocycles. The Bertz CT molecular complexity index is 1540. The van der Waals surface area contributed by atoms with Gasteiger partial charge in [-0.3, -0.25) is 9.59 Å². The summed E-state index contributed by atoms with van der Waals surface area (Å²) in [5.41, 5.74) is 5.87. The standard InChI is InChI=1S/C37H39NO6S/c39-24-26-16-18-28(19-17-26)34-22-32(25-45-33-12-2-1-3-13-33)43-37(44-34)31-11-7-10-30(21-31)29-9-6-8-27(20-29)23-38-35(40)14-4-5-15-36(41)42/h1-3,6-13,16-21,32,34,37,39H,4-5,14-15,22-25H2,(H,38,40)(H,41,42)/t32-,34+,37+/m0/s1. The Balaban J connectivity index is 1.28. The maximum Gasteiger partial charge on any atom is 0.303 e. The summed E-state index contributed by atoms with van der Waals surface area (Å²) < 4.78 is 13.1. The van der Waals surface area contributed by atoms with E-state index in [-0.39, 0.29) is 31.1 Å². The lowest BCUT2D eigenvalue weighted by molar-refractivity contribution is -0.245. The number of aliphatic carboxylic acids is 1. The second kappa shape index (κ2) is 16.4. The minimum atomic E-state index is -0.840. The number of aliphatic hydroxyl groups is 1. The fourth-order valence-electron chi connectivity index (χ4n) is 5.31. The van der Waals surface area contributed by atoms with Crippen molar-refractivity contribution >= 4 is 23.6 Å². The molecule has 234 valence electrons. The highest BCUT2D eigenvalue weighted by Crippen LogP contribution is 2.40. The minimum Gasteiger partial charge on any atom is -0.481 e. The topological polar surface area (TPSA) is 105 Å². The largest absolute Gasteiger partial charge is 0.481 e. The zero-order chi connectivity index (χ0) is 31.4. The average molecular weight is 626 g/mol. The second-order valence-electron chi connectivity index (χ2n) is 11.2. The number of amides is 1. The van der Waals surface area contributed by atoms with Gasteiger partial charge in [0.25, 0.3) is 0 Å². The fourth-order valence-corrected chi connectivity index (χ4v) is 6.25. The van der Waals surface area contributed by atoms with Crippen LogP contribution in [0.4, 0.5) is 0 Å². The Morgan fingerprint density at radius 1 is 0.778 bits per heavy atom. The van der Waals surface area contributed by atoms with E-state index in [0.29, 0.717) is 25.8 Å². The number of ether oxygens (including phenoxy) is 2. The highest BCUT2D eigenvalue weighted by Gasteiger charge is 2.32. The van der Waals surface area contributed by atoms with Crippen LogP contribution < -0.4 is 5.32 Å². The van der Waals surface area contributed by atoms with Crippen molar-refractivity contribution in [3.63, 3.8) is 0 Å². The number of hydrogen-bond donors (Lipinski definition) is 3. The first-order valence-corrected chi connectivity index (χ1v) is 16.3. The van der Waals surface area contributed by atoms with Crippen LogP contribution in [0, 0.1) is 0 Å². The van der Waals surface area contributed by atoms with Crippen molar-refractivity contribution in [2.75, 3.05) is 5.75 Å². The van der Waals surface area contributed by atoms with Gasteiger partial charge in [0.15, 0.2) is 6.29 Å². The molecule has 5 rings (SSSR count). The van der Waals surface area contributed by atoms with E-state index in [1.165, 1.54) is 4.90 Å². The third-order valence-corrected chi connectivity index (χ3v) is 8.89. The SMILES string of the molecule is O=C(O)CCCCC(=O)NCc1cccc(-c2cccc([C@@H]3O[C@H](CSc4ccccc4)C[C@H](c4ccc(CO)cc4)O3)c2)c1. The molecule has 1 fully saturated rings. The van der Waals surface area contributed by atoms with E-state index in [1.807, 2.05) is 72.8 Å². The summed E-state index contributed by atoms with van der Waals surface area (Å²) in [6.45, 7) is 0.403. The van der Waals surface area contributed by atoms with Crippen LogP contribution in [-0.2, 0) is 32.2 Å². The maximum absolute atomic E-state index is 12.3. The molecular weight excluding hydrogens is 586 g/mol. The number of aliphatic hydroxyl groups excluding tert-OH is 1. The molecule has 0 radical (unpaired) electrons. The molecule has 0 spiro atoms. The highest BCUT2D eigenvalue weighted by atomic mass is 32.2. The summed E-state index contributed by atoms with van der Waals surface area (Å²) in [5, 5.41) is 21.2. The molecule has 1 saturated heterocycles. The maximum atomic E-state index is 12.3. The molecular formula is C37H39NO6S. The molecule has 1 heterocycles. The molecule has 0 bridgehead atoms. The van der Waals surface area contributed by atoms with Crippen LogP contribution in [0.25, 0.3) is 11.1 Å². The van der Waals surface area contributed by atoms with Crippen molar-refractivity contribution in [3.8, 4) is 11.1 Å². The first-order chi connectivity index (χ1) is 22.0. The van der Waals surface area contributed by atoms with Crippen LogP contribution in [0.1, 0.15) is 66.8 Å². The van der Waals surface area contributed by atoms with Gasteiger partial charge in [0, 0.05) is 42.0 Å². The third kappa shape index (κ3) is 9.77. The van der Waals surface area contributed by atoms with Crippen molar-refractivity contribution in [2.24, 2.45) is 0 Å². The van der Waals surface area contributed by atoms with Crippen molar-refractivity contribution in [3.05, 3.63) is 125 Å². The van der Waals surface area contributed by atoms with Crippen LogP contribution in [0.15, 0.2) is 108 Å². The van der Waals surface area contributed by atoms with Gasteiger partial charge in [0.2, 0.25) is 5.91 Å². The number of unbranched alkanes of at least 4 members (excludes halogenated alkanes) is 1. The number of hydrogen-bond acceptors (Lipinski definition) is 6. The van der Waals surface area contributed by atoms with E-state index in [0.717, 1.165) is 45.6 Å². The van der Waals surface area contributed by atoms with Gasteiger partial charge in [-0.25, -0.2) is 0 Å². The van der Waals surface area contributed by atoms with Crippen LogP contribution in [0.5, 0.6) is 0 Å². The normalized spacial score (nSPS) is 17.9. The minimum absolute atomic E-state index is 0.00282. The summed E-state index contributed by atoms with van der Waals surface area (Å²) in [4.78, 5) is 24.1. The molecule has 45 heavy (non-hydrogen) atoms. The smallest absolute Gasteiger partial charge is 0.303 e. The molecule has 0 aliphatic carbocycles. The number of carboxylic acids is 1. The lowest BCUT2D eigenvalue weighted by atomic mass is 9.99. The van der Waals surface area contributed by atoms with E-state index in [4.69, 9.17) is 14.6 Å². The summed E-state index contributed by atoms with van der Waals surface area (Å²) in [6.07, 6.45) is 1.43. The molecule has 4 aromatic rings.